The number of aromatic nitrogens is 4. The van der Waals surface area contributed by atoms with Crippen LogP contribution in [0.25, 0.3) is 11.4 Å². The second-order valence-electron chi connectivity index (χ2n) is 7.26. The van der Waals surface area contributed by atoms with E-state index in [4.69, 9.17) is 26.8 Å². The topological polar surface area (TPSA) is 108 Å². The van der Waals surface area contributed by atoms with E-state index in [1.165, 1.54) is 12.3 Å². The number of nitrogens with two attached hydrogens (primary N) is 1. The summed E-state index contributed by atoms with van der Waals surface area (Å²) in [5.41, 5.74) is 7.38. The Morgan fingerprint density at radius 1 is 1.24 bits per heavy atom. The average Bonchev–Trinajstić information content (AvgIpc) is 3.20. The number of carbonyl (C=O) groups excluding carboxylic acids is 1. The van der Waals surface area contributed by atoms with E-state index in [0.717, 1.165) is 5.56 Å². The summed E-state index contributed by atoms with van der Waals surface area (Å²) in [6.45, 7) is -1.04. The molecule has 0 radical (unpaired) electrons. The average molecular weight is 479 g/mol. The smallest absolute Gasteiger partial charge is 0.333 e. The highest BCUT2D eigenvalue weighted by molar-refractivity contribution is 6.29. The van der Waals surface area contributed by atoms with Crippen molar-refractivity contribution in [3.8, 4) is 17.1 Å². The first kappa shape index (κ1) is 22.9. The second kappa shape index (κ2) is 10.1. The third-order valence-corrected chi connectivity index (χ3v) is 5.21. The Morgan fingerprint density at radius 3 is 2.82 bits per heavy atom. The monoisotopic (exact) mass is 478 g/mol. The van der Waals surface area contributed by atoms with Gasteiger partial charge >= 0.3 is 6.55 Å². The molecule has 2 aromatic heterocycles. The van der Waals surface area contributed by atoms with Gasteiger partial charge in [-0.15, -0.1) is 0 Å². The molecule has 2 N–H and O–H groups in total. The molecule has 1 aliphatic heterocycles. The molecule has 12 heteroatoms. The number of carbonyl (C=O) groups is 1. The molecule has 1 amide bonds. The van der Waals surface area contributed by atoms with Gasteiger partial charge in [-0.1, -0.05) is 29.8 Å². The number of ether oxygens (including phenoxy) is 2. The van der Waals surface area contributed by atoms with Crippen molar-refractivity contribution >= 4 is 23.5 Å². The van der Waals surface area contributed by atoms with Crippen LogP contribution in [0.5, 0.6) is 5.75 Å². The van der Waals surface area contributed by atoms with Crippen molar-refractivity contribution in [2.45, 2.75) is 13.0 Å². The van der Waals surface area contributed by atoms with Crippen molar-refractivity contribution in [2.24, 2.45) is 0 Å². The van der Waals surface area contributed by atoms with Gasteiger partial charge in [0.05, 0.1) is 18.8 Å². The Morgan fingerprint density at radius 2 is 2.06 bits per heavy atom. The number of halogens is 3. The highest BCUT2D eigenvalue weighted by atomic mass is 35.5. The third kappa shape index (κ3) is 5.55. The molecule has 0 unspecified atom stereocenters. The van der Waals surface area contributed by atoms with Crippen LogP contribution in [0.2, 0.25) is 5.15 Å². The highest BCUT2D eigenvalue weighted by Gasteiger charge is 2.20. The largest absolute Gasteiger partial charge is 0.491 e. The summed E-state index contributed by atoms with van der Waals surface area (Å²) < 4.78 is 38.4. The molecular weight excluding hydrogens is 458 g/mol. The number of rotatable bonds is 8. The fraction of sp³-hybridized carbons (Fsp3) is 0.333. The van der Waals surface area contributed by atoms with E-state index in [1.54, 1.807) is 11.0 Å². The molecule has 0 saturated carbocycles. The molecule has 1 aliphatic rings. The molecule has 33 heavy (non-hydrogen) atoms. The first-order valence-electron chi connectivity index (χ1n) is 10.1. The van der Waals surface area contributed by atoms with Crippen molar-refractivity contribution < 1.29 is 23.0 Å². The number of amides is 1. The Hall–Kier alpha value is -3.31. The number of alkyl halides is 2. The minimum absolute atomic E-state index is 0.0745. The van der Waals surface area contributed by atoms with E-state index >= 15 is 0 Å². The van der Waals surface area contributed by atoms with Gasteiger partial charge < -0.3 is 20.1 Å². The van der Waals surface area contributed by atoms with Crippen LogP contribution in [0.1, 0.15) is 17.7 Å². The summed E-state index contributed by atoms with van der Waals surface area (Å²) in [5.74, 6) is 0.413. The highest BCUT2D eigenvalue weighted by Crippen LogP contribution is 2.29. The molecule has 0 atom stereocenters. The molecule has 0 spiro atoms. The molecule has 9 nitrogen and oxygen atoms in total. The van der Waals surface area contributed by atoms with Crippen molar-refractivity contribution in [3.05, 3.63) is 52.8 Å². The molecular formula is C21H21ClF2N6O3. The van der Waals surface area contributed by atoms with Crippen LogP contribution >= 0.6 is 11.6 Å². The SMILES string of the molecule is Nc1nc(Cl)cc(-c2nn(C(F)F)cc2Cc2ccccc2OCCN2CCOCC2=O)n1. The van der Waals surface area contributed by atoms with Crippen LogP contribution in [0, 0.1) is 0 Å². The lowest BCUT2D eigenvalue weighted by Gasteiger charge is -2.26. The van der Waals surface area contributed by atoms with E-state index in [0.29, 0.717) is 35.7 Å². The summed E-state index contributed by atoms with van der Waals surface area (Å²) >= 11 is 5.97. The van der Waals surface area contributed by atoms with Crippen LogP contribution in [-0.4, -0.2) is 63.5 Å². The Balaban J connectivity index is 1.56. The van der Waals surface area contributed by atoms with Gasteiger partial charge in [-0.05, 0) is 11.6 Å². The quantitative estimate of drug-likeness (QED) is 0.496. The van der Waals surface area contributed by atoms with Crippen molar-refractivity contribution in [3.63, 3.8) is 0 Å². The predicted octanol–water partition coefficient (Wildman–Crippen LogP) is 2.80. The molecule has 3 aromatic rings. The number of anilines is 1. The molecule has 174 valence electrons. The van der Waals surface area contributed by atoms with Crippen LogP contribution in [-0.2, 0) is 16.0 Å². The first-order chi connectivity index (χ1) is 15.9. The zero-order valence-corrected chi connectivity index (χ0v) is 18.2. The molecule has 1 fully saturated rings. The van der Waals surface area contributed by atoms with E-state index < -0.39 is 6.55 Å². The van der Waals surface area contributed by atoms with E-state index in [1.807, 2.05) is 18.2 Å². The zero-order valence-electron chi connectivity index (χ0n) is 17.5. The fourth-order valence-electron chi connectivity index (χ4n) is 3.48. The van der Waals surface area contributed by atoms with Gasteiger partial charge in [0.25, 0.3) is 0 Å². The summed E-state index contributed by atoms with van der Waals surface area (Å²) in [6, 6.07) is 8.67. The normalized spacial score (nSPS) is 14.2. The van der Waals surface area contributed by atoms with Gasteiger partial charge in [0.1, 0.15) is 29.8 Å². The van der Waals surface area contributed by atoms with Crippen LogP contribution < -0.4 is 10.5 Å². The minimum Gasteiger partial charge on any atom is -0.491 e. The molecule has 0 aliphatic carbocycles. The number of para-hydroxylation sites is 1. The van der Waals surface area contributed by atoms with Gasteiger partial charge in [-0.2, -0.15) is 13.9 Å². The van der Waals surface area contributed by atoms with Crippen LogP contribution in [0.15, 0.2) is 36.5 Å². The van der Waals surface area contributed by atoms with Gasteiger partial charge in [0, 0.05) is 30.8 Å². The van der Waals surface area contributed by atoms with Gasteiger partial charge in [-0.3, -0.25) is 4.79 Å². The van der Waals surface area contributed by atoms with Crippen molar-refractivity contribution in [2.75, 3.05) is 38.6 Å². The fourth-order valence-corrected chi connectivity index (χ4v) is 3.67. The minimum atomic E-state index is -2.83. The maximum Gasteiger partial charge on any atom is 0.333 e. The molecule has 1 aromatic carbocycles. The predicted molar refractivity (Wildman–Crippen MR) is 116 cm³/mol. The lowest BCUT2D eigenvalue weighted by molar-refractivity contribution is -0.143. The number of hydrogen-bond donors (Lipinski definition) is 1. The third-order valence-electron chi connectivity index (χ3n) is 5.02. The lowest BCUT2D eigenvalue weighted by atomic mass is 10.0. The second-order valence-corrected chi connectivity index (χ2v) is 7.65. The Bertz CT molecular complexity index is 1120. The summed E-state index contributed by atoms with van der Waals surface area (Å²) in [4.78, 5) is 21.4. The summed E-state index contributed by atoms with van der Waals surface area (Å²) in [6.07, 6.45) is 1.51. The maximum atomic E-state index is 13.4. The standard InChI is InChI=1S/C21H21ClF2N6O3/c22-17-10-15(26-21(25)27-17)19-14(11-30(28-19)20(23)24)9-13-3-1-2-4-16(13)33-8-6-29-5-7-32-12-18(29)31/h1-4,10-11,20H,5-9,12H2,(H2,25,26,27). The van der Waals surface area contributed by atoms with Crippen molar-refractivity contribution in [1.29, 1.82) is 0 Å². The number of nitrogens with zero attached hydrogens (tertiary/aromatic N) is 5. The Labute approximate surface area is 193 Å². The van der Waals surface area contributed by atoms with E-state index in [9.17, 15) is 13.6 Å². The van der Waals surface area contributed by atoms with Gasteiger partial charge in [0.15, 0.2) is 0 Å². The first-order valence-corrected chi connectivity index (χ1v) is 10.5. The van der Waals surface area contributed by atoms with E-state index in [2.05, 4.69) is 15.1 Å². The zero-order chi connectivity index (χ0) is 23.4. The molecule has 0 bridgehead atoms. The van der Waals surface area contributed by atoms with Gasteiger partial charge in [0.2, 0.25) is 11.9 Å². The van der Waals surface area contributed by atoms with Crippen LogP contribution in [0.3, 0.4) is 0 Å². The molecule has 1 saturated heterocycles. The number of benzene rings is 1. The molecule has 4 rings (SSSR count). The summed E-state index contributed by atoms with van der Waals surface area (Å²) in [7, 11) is 0. The number of morpholine rings is 1. The van der Waals surface area contributed by atoms with Crippen molar-refractivity contribution in [1.82, 2.24) is 24.6 Å². The van der Waals surface area contributed by atoms with E-state index in [-0.39, 0.29) is 48.0 Å². The van der Waals surface area contributed by atoms with Crippen LogP contribution in [0.4, 0.5) is 14.7 Å². The summed E-state index contributed by atoms with van der Waals surface area (Å²) in [5, 5.41) is 4.07. The molecule has 3 heterocycles. The number of hydrogen-bond acceptors (Lipinski definition) is 7. The lowest BCUT2D eigenvalue weighted by Crippen LogP contribution is -2.43. The van der Waals surface area contributed by atoms with Gasteiger partial charge in [-0.25, -0.2) is 14.6 Å². The maximum absolute atomic E-state index is 13.4. The Kier molecular flexibility index (Phi) is 6.99. The number of nitrogen functional groups attached to an aromatic ring is 1.